The molecule has 7 heteroatoms. The fourth-order valence-electron chi connectivity index (χ4n) is 2.82. The molecule has 0 aromatic carbocycles. The van der Waals surface area contributed by atoms with Gasteiger partial charge in [0, 0.05) is 25.7 Å². The molecular weight excluding hydrogens is 280 g/mol. The molecule has 2 rings (SSSR count). The number of hydrogen-bond acceptors (Lipinski definition) is 4. The van der Waals surface area contributed by atoms with Gasteiger partial charge < -0.3 is 15.0 Å². The fraction of sp³-hybridized carbons (Fsp3) is 0.923. The lowest BCUT2D eigenvalue weighted by molar-refractivity contribution is 0.107. The molecule has 2 aliphatic heterocycles. The van der Waals surface area contributed by atoms with Crippen LogP contribution in [0.5, 0.6) is 0 Å². The highest BCUT2D eigenvalue weighted by atomic mass is 32.2. The van der Waals surface area contributed by atoms with E-state index in [1.807, 2.05) is 6.92 Å². The summed E-state index contributed by atoms with van der Waals surface area (Å²) in [6, 6.07) is -0.339. The van der Waals surface area contributed by atoms with Crippen molar-refractivity contribution in [3.8, 4) is 0 Å². The fourth-order valence-corrected chi connectivity index (χ4v) is 4.55. The third-order valence-electron chi connectivity index (χ3n) is 3.88. The van der Waals surface area contributed by atoms with Crippen LogP contribution in [0.2, 0.25) is 0 Å². The van der Waals surface area contributed by atoms with E-state index in [2.05, 4.69) is 5.32 Å². The minimum atomic E-state index is -2.97. The summed E-state index contributed by atoms with van der Waals surface area (Å²) in [6.45, 7) is 3.86. The van der Waals surface area contributed by atoms with Crippen LogP contribution in [0.15, 0.2) is 0 Å². The van der Waals surface area contributed by atoms with Gasteiger partial charge in [0.2, 0.25) is 0 Å². The van der Waals surface area contributed by atoms with Crippen LogP contribution in [0, 0.1) is 0 Å². The molecule has 20 heavy (non-hydrogen) atoms. The van der Waals surface area contributed by atoms with E-state index in [4.69, 9.17) is 4.74 Å². The second-order valence-electron chi connectivity index (χ2n) is 5.57. The summed E-state index contributed by atoms with van der Waals surface area (Å²) in [6.07, 6.45) is 3.50. The van der Waals surface area contributed by atoms with Crippen molar-refractivity contribution in [2.45, 2.75) is 44.8 Å². The number of carbonyl (C=O) groups is 1. The zero-order valence-corrected chi connectivity index (χ0v) is 12.8. The second kappa shape index (κ2) is 6.76. The second-order valence-corrected chi connectivity index (χ2v) is 7.80. The Bertz CT molecular complexity index is 432. The monoisotopic (exact) mass is 304 g/mol. The summed E-state index contributed by atoms with van der Waals surface area (Å²) >= 11 is 0. The van der Waals surface area contributed by atoms with Crippen molar-refractivity contribution in [2.24, 2.45) is 0 Å². The number of urea groups is 1. The summed E-state index contributed by atoms with van der Waals surface area (Å²) in [5, 5.41) is 2.88. The first-order valence-corrected chi connectivity index (χ1v) is 9.20. The number of sulfone groups is 1. The number of rotatable bonds is 5. The van der Waals surface area contributed by atoms with E-state index in [1.54, 1.807) is 4.90 Å². The normalized spacial score (nSPS) is 28.4. The number of amides is 2. The van der Waals surface area contributed by atoms with Crippen LogP contribution in [0.25, 0.3) is 0 Å². The van der Waals surface area contributed by atoms with Crippen molar-refractivity contribution < 1.29 is 17.9 Å². The molecular formula is C13H24N2O4S. The summed E-state index contributed by atoms with van der Waals surface area (Å²) in [7, 11) is -2.97. The molecule has 0 aliphatic carbocycles. The molecule has 0 unspecified atom stereocenters. The zero-order valence-electron chi connectivity index (χ0n) is 12.0. The van der Waals surface area contributed by atoms with E-state index in [-0.39, 0.29) is 29.7 Å². The molecule has 2 heterocycles. The first-order valence-electron chi connectivity index (χ1n) is 7.38. The average molecular weight is 304 g/mol. The van der Waals surface area contributed by atoms with E-state index in [0.29, 0.717) is 19.5 Å². The molecule has 0 radical (unpaired) electrons. The highest BCUT2D eigenvalue weighted by Gasteiger charge is 2.34. The molecule has 0 aromatic heterocycles. The summed E-state index contributed by atoms with van der Waals surface area (Å²) < 4.78 is 28.6. The first kappa shape index (κ1) is 15.6. The maximum Gasteiger partial charge on any atom is 0.317 e. The number of ether oxygens (including phenoxy) is 1. The van der Waals surface area contributed by atoms with Gasteiger partial charge in [-0.2, -0.15) is 0 Å². The standard InChI is InChI=1S/C13H24N2O4S/c1-2-6-15(11-5-8-20(17,18)10-11)13(16)14-9-12-4-3-7-19-12/h11-12H,2-10H2,1H3,(H,14,16)/t11-,12+/m1/s1. The Morgan fingerprint density at radius 2 is 2.20 bits per heavy atom. The highest BCUT2D eigenvalue weighted by molar-refractivity contribution is 7.91. The van der Waals surface area contributed by atoms with Gasteiger partial charge in [-0.15, -0.1) is 0 Å². The van der Waals surface area contributed by atoms with Gasteiger partial charge in [0.1, 0.15) is 0 Å². The van der Waals surface area contributed by atoms with Gasteiger partial charge in [-0.05, 0) is 25.7 Å². The van der Waals surface area contributed by atoms with Gasteiger partial charge >= 0.3 is 6.03 Å². The van der Waals surface area contributed by atoms with Crippen molar-refractivity contribution in [1.29, 1.82) is 0 Å². The van der Waals surface area contributed by atoms with Gasteiger partial charge in [0.05, 0.1) is 17.6 Å². The molecule has 2 aliphatic rings. The molecule has 1 N–H and O–H groups in total. The quantitative estimate of drug-likeness (QED) is 0.814. The predicted octanol–water partition coefficient (Wildman–Crippen LogP) is 0.774. The Labute approximate surface area is 120 Å². The van der Waals surface area contributed by atoms with E-state index < -0.39 is 9.84 Å². The van der Waals surface area contributed by atoms with Gasteiger partial charge in [-0.25, -0.2) is 13.2 Å². The van der Waals surface area contributed by atoms with E-state index in [0.717, 1.165) is 25.9 Å². The molecule has 0 spiro atoms. The average Bonchev–Trinajstić information content (AvgIpc) is 3.02. The number of hydrogen-bond donors (Lipinski definition) is 1. The van der Waals surface area contributed by atoms with Gasteiger partial charge in [-0.3, -0.25) is 0 Å². The Hall–Kier alpha value is -0.820. The maximum absolute atomic E-state index is 12.3. The minimum Gasteiger partial charge on any atom is -0.376 e. The lowest BCUT2D eigenvalue weighted by Crippen LogP contribution is -2.48. The zero-order chi connectivity index (χ0) is 14.6. The summed E-state index contributed by atoms with van der Waals surface area (Å²) in [4.78, 5) is 13.9. The van der Waals surface area contributed by atoms with Crippen molar-refractivity contribution >= 4 is 15.9 Å². The Morgan fingerprint density at radius 3 is 2.75 bits per heavy atom. The third kappa shape index (κ3) is 4.09. The van der Waals surface area contributed by atoms with Crippen LogP contribution in [-0.2, 0) is 14.6 Å². The number of nitrogens with one attached hydrogen (secondary N) is 1. The molecule has 0 saturated carbocycles. The third-order valence-corrected chi connectivity index (χ3v) is 5.63. The summed E-state index contributed by atoms with van der Waals surface area (Å²) in [5.41, 5.74) is 0. The highest BCUT2D eigenvalue weighted by Crippen LogP contribution is 2.18. The molecule has 2 amide bonds. The summed E-state index contributed by atoms with van der Waals surface area (Å²) in [5.74, 6) is 0.289. The van der Waals surface area contributed by atoms with Gasteiger partial charge in [0.25, 0.3) is 0 Å². The number of carbonyl (C=O) groups excluding carboxylic acids is 1. The Kier molecular flexibility index (Phi) is 5.26. The Morgan fingerprint density at radius 1 is 1.40 bits per heavy atom. The lowest BCUT2D eigenvalue weighted by atomic mass is 10.2. The molecule has 0 aromatic rings. The van der Waals surface area contributed by atoms with Crippen LogP contribution in [-0.4, -0.2) is 62.7 Å². The van der Waals surface area contributed by atoms with Crippen LogP contribution in [0.4, 0.5) is 4.79 Å². The van der Waals surface area contributed by atoms with Crippen molar-refractivity contribution in [2.75, 3.05) is 31.2 Å². The molecule has 0 bridgehead atoms. The molecule has 2 atom stereocenters. The molecule has 6 nitrogen and oxygen atoms in total. The predicted molar refractivity (Wildman–Crippen MR) is 76.4 cm³/mol. The van der Waals surface area contributed by atoms with Crippen LogP contribution >= 0.6 is 0 Å². The van der Waals surface area contributed by atoms with Gasteiger partial charge in [0.15, 0.2) is 9.84 Å². The SMILES string of the molecule is CCCN(C(=O)NC[C@@H]1CCCO1)[C@@H]1CCS(=O)(=O)C1. The molecule has 2 fully saturated rings. The lowest BCUT2D eigenvalue weighted by Gasteiger charge is -2.28. The van der Waals surface area contributed by atoms with Crippen molar-refractivity contribution in [3.05, 3.63) is 0 Å². The minimum absolute atomic E-state index is 0.0976. The van der Waals surface area contributed by atoms with E-state index in [1.165, 1.54) is 0 Å². The topological polar surface area (TPSA) is 75.7 Å². The first-order chi connectivity index (χ1) is 9.52. The van der Waals surface area contributed by atoms with Crippen LogP contribution < -0.4 is 5.32 Å². The molecule has 116 valence electrons. The van der Waals surface area contributed by atoms with E-state index >= 15 is 0 Å². The smallest absolute Gasteiger partial charge is 0.317 e. The Balaban J connectivity index is 1.88. The molecule has 2 saturated heterocycles. The maximum atomic E-state index is 12.3. The van der Waals surface area contributed by atoms with Crippen molar-refractivity contribution in [1.82, 2.24) is 10.2 Å². The van der Waals surface area contributed by atoms with Crippen LogP contribution in [0.1, 0.15) is 32.6 Å². The largest absolute Gasteiger partial charge is 0.376 e. The van der Waals surface area contributed by atoms with Crippen LogP contribution in [0.3, 0.4) is 0 Å². The number of nitrogens with zero attached hydrogens (tertiary/aromatic N) is 1. The van der Waals surface area contributed by atoms with Gasteiger partial charge in [-0.1, -0.05) is 6.92 Å². The van der Waals surface area contributed by atoms with E-state index in [9.17, 15) is 13.2 Å². The van der Waals surface area contributed by atoms with Crippen molar-refractivity contribution in [3.63, 3.8) is 0 Å².